The van der Waals surface area contributed by atoms with Crippen LogP contribution in [0.2, 0.25) is 5.02 Å². The van der Waals surface area contributed by atoms with Gasteiger partial charge in [0, 0.05) is 0 Å². The Balaban J connectivity index is 3.34. The maximum atomic E-state index is 12.7. The first-order chi connectivity index (χ1) is 4.63. The molecule has 0 radical (unpaired) electrons. The molecule has 0 spiro atoms. The number of phenols is 1. The molecule has 0 saturated carbocycles. The summed E-state index contributed by atoms with van der Waals surface area (Å²) in [4.78, 5) is 0. The lowest BCUT2D eigenvalue weighted by atomic mass is 10.2. The van der Waals surface area contributed by atoms with Crippen LogP contribution in [0.25, 0.3) is 0 Å². The fraction of sp³-hybridized carbons (Fsp3) is 0.143. The van der Waals surface area contributed by atoms with Gasteiger partial charge in [-0.05, 0) is 18.6 Å². The highest BCUT2D eigenvalue weighted by molar-refractivity contribution is 6.32. The minimum absolute atomic E-state index is 0.208. The largest absolute Gasteiger partial charge is 0.506 e. The van der Waals surface area contributed by atoms with E-state index in [1.807, 2.05) is 0 Å². The molecule has 0 aliphatic carbocycles. The number of rotatable bonds is 0. The Labute approximate surface area is 63.1 Å². The topological polar surface area (TPSA) is 20.2 Å². The average molecular weight is 161 g/mol. The molecular weight excluding hydrogens is 155 g/mol. The van der Waals surface area contributed by atoms with Crippen molar-refractivity contribution in [2.24, 2.45) is 0 Å². The smallest absolute Gasteiger partial charge is 0.148 e. The number of phenolic OH excluding ortho intramolecular Hbond substituents is 1. The Kier molecular flexibility index (Phi) is 1.81. The van der Waals surface area contributed by atoms with E-state index in [4.69, 9.17) is 16.7 Å². The van der Waals surface area contributed by atoms with Crippen LogP contribution in [0.15, 0.2) is 12.1 Å². The van der Waals surface area contributed by atoms with E-state index in [-0.39, 0.29) is 10.8 Å². The molecule has 0 aromatic heterocycles. The van der Waals surface area contributed by atoms with Crippen LogP contribution in [0.4, 0.5) is 4.39 Å². The minimum atomic E-state index is -0.554. The number of aromatic hydroxyl groups is 1. The summed E-state index contributed by atoms with van der Waals surface area (Å²) in [6, 6.07) is 2.83. The van der Waals surface area contributed by atoms with E-state index in [9.17, 15) is 4.39 Å². The molecule has 0 atom stereocenters. The second kappa shape index (κ2) is 2.46. The summed E-state index contributed by atoms with van der Waals surface area (Å²) in [5, 5.41) is 8.64. The third kappa shape index (κ3) is 1.07. The van der Waals surface area contributed by atoms with Crippen molar-refractivity contribution in [2.45, 2.75) is 6.92 Å². The van der Waals surface area contributed by atoms with E-state index in [1.54, 1.807) is 6.92 Å². The molecule has 0 amide bonds. The number of hydrogen-bond donors (Lipinski definition) is 1. The zero-order valence-electron chi connectivity index (χ0n) is 5.36. The number of hydrogen-bond acceptors (Lipinski definition) is 1. The van der Waals surface area contributed by atoms with Gasteiger partial charge in [-0.15, -0.1) is 0 Å². The molecule has 1 rings (SSSR count). The molecule has 1 aromatic carbocycles. The number of benzene rings is 1. The molecule has 10 heavy (non-hydrogen) atoms. The molecule has 54 valence electrons. The lowest BCUT2D eigenvalue weighted by molar-refractivity contribution is 0.469. The summed E-state index contributed by atoms with van der Waals surface area (Å²) < 4.78 is 12.7. The third-order valence-corrected chi connectivity index (χ3v) is 1.61. The van der Waals surface area contributed by atoms with Gasteiger partial charge in [0.05, 0.1) is 0 Å². The fourth-order valence-corrected chi connectivity index (χ4v) is 0.848. The third-order valence-electron chi connectivity index (χ3n) is 1.26. The minimum Gasteiger partial charge on any atom is -0.506 e. The normalized spacial score (nSPS) is 9.90. The summed E-state index contributed by atoms with van der Waals surface area (Å²) >= 11 is 5.36. The van der Waals surface area contributed by atoms with Gasteiger partial charge in [0.25, 0.3) is 0 Å². The summed E-state index contributed by atoms with van der Waals surface area (Å²) in [5.41, 5.74) is 0.433. The molecule has 0 aliphatic heterocycles. The number of aryl methyl sites for hydroxylation is 1. The van der Waals surface area contributed by atoms with Crippen LogP contribution in [0.3, 0.4) is 0 Å². The molecule has 0 unspecified atom stereocenters. The van der Waals surface area contributed by atoms with Crippen molar-refractivity contribution in [3.63, 3.8) is 0 Å². The van der Waals surface area contributed by atoms with Gasteiger partial charge in [0.2, 0.25) is 0 Å². The van der Waals surface area contributed by atoms with Crippen molar-refractivity contribution in [1.29, 1.82) is 0 Å². The SMILES string of the molecule is Cc1ccc(O)c(Cl)c1F. The van der Waals surface area contributed by atoms with Crippen molar-refractivity contribution < 1.29 is 9.50 Å². The molecule has 1 aromatic rings. The monoisotopic (exact) mass is 160 g/mol. The van der Waals surface area contributed by atoms with E-state index in [0.717, 1.165) is 0 Å². The van der Waals surface area contributed by atoms with Crippen molar-refractivity contribution in [2.75, 3.05) is 0 Å². The van der Waals surface area contributed by atoms with Gasteiger partial charge in [0.15, 0.2) is 0 Å². The van der Waals surface area contributed by atoms with Gasteiger partial charge in [-0.1, -0.05) is 17.7 Å². The molecule has 1 nitrogen and oxygen atoms in total. The first-order valence-electron chi connectivity index (χ1n) is 2.76. The Bertz CT molecular complexity index is 233. The summed E-state index contributed by atoms with van der Waals surface area (Å²) in [6.07, 6.45) is 0. The zero-order chi connectivity index (χ0) is 7.72. The first-order valence-corrected chi connectivity index (χ1v) is 3.14. The molecule has 0 bridgehead atoms. The lowest BCUT2D eigenvalue weighted by Gasteiger charge is -1.99. The Morgan fingerprint density at radius 1 is 1.50 bits per heavy atom. The molecular formula is C7H6ClFO. The lowest BCUT2D eigenvalue weighted by Crippen LogP contribution is -1.82. The predicted molar refractivity (Wildman–Crippen MR) is 37.8 cm³/mol. The summed E-state index contributed by atoms with van der Waals surface area (Å²) in [5.74, 6) is -0.772. The average Bonchev–Trinajstić information content (AvgIpc) is 1.93. The Hall–Kier alpha value is -0.760. The molecule has 0 aliphatic rings. The zero-order valence-corrected chi connectivity index (χ0v) is 6.11. The fourth-order valence-electron chi connectivity index (χ4n) is 0.636. The highest BCUT2D eigenvalue weighted by atomic mass is 35.5. The maximum absolute atomic E-state index is 12.7. The second-order valence-electron chi connectivity index (χ2n) is 2.03. The van der Waals surface area contributed by atoms with E-state index in [0.29, 0.717) is 5.56 Å². The predicted octanol–water partition coefficient (Wildman–Crippen LogP) is 2.49. The quantitative estimate of drug-likeness (QED) is 0.618. The van der Waals surface area contributed by atoms with Crippen molar-refractivity contribution in [3.05, 3.63) is 28.5 Å². The van der Waals surface area contributed by atoms with E-state index in [1.165, 1.54) is 12.1 Å². The van der Waals surface area contributed by atoms with Crippen LogP contribution in [0, 0.1) is 12.7 Å². The molecule has 0 saturated heterocycles. The van der Waals surface area contributed by atoms with Crippen molar-refractivity contribution in [3.8, 4) is 5.75 Å². The van der Waals surface area contributed by atoms with E-state index < -0.39 is 5.82 Å². The highest BCUT2D eigenvalue weighted by Gasteiger charge is 2.06. The van der Waals surface area contributed by atoms with Crippen LogP contribution in [-0.2, 0) is 0 Å². The van der Waals surface area contributed by atoms with E-state index in [2.05, 4.69) is 0 Å². The van der Waals surface area contributed by atoms with Crippen LogP contribution in [-0.4, -0.2) is 5.11 Å². The van der Waals surface area contributed by atoms with Gasteiger partial charge < -0.3 is 5.11 Å². The number of halogens is 2. The Morgan fingerprint density at radius 2 is 2.10 bits per heavy atom. The standard InChI is InChI=1S/C7H6ClFO/c1-4-2-3-5(10)6(8)7(4)9/h2-3,10H,1H3. The Morgan fingerprint density at radius 3 is 2.60 bits per heavy atom. The van der Waals surface area contributed by atoms with Gasteiger partial charge in [-0.3, -0.25) is 0 Å². The molecule has 3 heteroatoms. The van der Waals surface area contributed by atoms with Crippen LogP contribution in [0.1, 0.15) is 5.56 Å². The molecule has 1 N–H and O–H groups in total. The van der Waals surface area contributed by atoms with E-state index >= 15 is 0 Å². The summed E-state index contributed by atoms with van der Waals surface area (Å²) in [7, 11) is 0. The highest BCUT2D eigenvalue weighted by Crippen LogP contribution is 2.27. The van der Waals surface area contributed by atoms with Gasteiger partial charge in [0.1, 0.15) is 16.6 Å². The first kappa shape index (κ1) is 7.35. The van der Waals surface area contributed by atoms with Gasteiger partial charge >= 0.3 is 0 Å². The van der Waals surface area contributed by atoms with Crippen molar-refractivity contribution >= 4 is 11.6 Å². The van der Waals surface area contributed by atoms with Crippen LogP contribution < -0.4 is 0 Å². The van der Waals surface area contributed by atoms with Gasteiger partial charge in [-0.2, -0.15) is 0 Å². The molecule has 0 fully saturated rings. The molecule has 0 heterocycles. The van der Waals surface area contributed by atoms with Crippen molar-refractivity contribution in [1.82, 2.24) is 0 Å². The maximum Gasteiger partial charge on any atom is 0.148 e. The van der Waals surface area contributed by atoms with Gasteiger partial charge in [-0.25, -0.2) is 4.39 Å². The van der Waals surface area contributed by atoms with Crippen LogP contribution >= 0.6 is 11.6 Å². The van der Waals surface area contributed by atoms with Crippen LogP contribution in [0.5, 0.6) is 5.75 Å². The second-order valence-corrected chi connectivity index (χ2v) is 2.41. The summed E-state index contributed by atoms with van der Waals surface area (Å²) in [6.45, 7) is 1.58.